The summed E-state index contributed by atoms with van der Waals surface area (Å²) in [5.41, 5.74) is -5.82. The zero-order valence-corrected chi connectivity index (χ0v) is 90.3. The number of likely N-dealkylation sites (N-methyl/N-ethyl adjacent to an activating group) is 7. The summed E-state index contributed by atoms with van der Waals surface area (Å²) in [6.07, 6.45) is 1.69. The molecule has 0 aromatic rings. The fraction of sp³-hybridized carbons (Fsp3) is 0.766. The van der Waals surface area contributed by atoms with E-state index in [0.717, 1.165) is 4.90 Å². The molecular formula is C107H170FN7O28. The van der Waals surface area contributed by atoms with E-state index in [4.69, 9.17) is 42.6 Å². The lowest BCUT2D eigenvalue weighted by Gasteiger charge is -2.62. The Morgan fingerprint density at radius 2 is 0.986 bits per heavy atom. The molecule has 1 aliphatic heterocycles. The summed E-state index contributed by atoms with van der Waals surface area (Å²) >= 11 is 0. The second-order valence-electron chi connectivity index (χ2n) is 43.2. The van der Waals surface area contributed by atoms with Gasteiger partial charge in [-0.1, -0.05) is 155 Å². The summed E-state index contributed by atoms with van der Waals surface area (Å²) in [5.74, 6) is -18.2. The van der Waals surface area contributed by atoms with E-state index in [1.165, 1.54) is 85.0 Å². The second kappa shape index (κ2) is 56.4. The maximum atomic E-state index is 17.6. The van der Waals surface area contributed by atoms with Gasteiger partial charge in [-0.25, -0.2) is 9.18 Å². The van der Waals surface area contributed by atoms with Gasteiger partial charge in [0.2, 0.25) is 48.0 Å². The van der Waals surface area contributed by atoms with Gasteiger partial charge in [0.05, 0.1) is 90.1 Å². The molecule has 20 atom stereocenters. The molecule has 5 aliphatic rings. The van der Waals surface area contributed by atoms with Crippen LogP contribution in [0, 0.1) is 93.7 Å². The number of alkyl halides is 1. The van der Waals surface area contributed by atoms with Gasteiger partial charge < -0.3 is 87.1 Å². The molecule has 808 valence electrons. The van der Waals surface area contributed by atoms with Gasteiger partial charge in [-0.05, 0) is 143 Å². The van der Waals surface area contributed by atoms with E-state index < -0.39 is 246 Å². The number of carbonyl (C=O) groups excluding carboxylic acids is 17. The van der Waals surface area contributed by atoms with Crippen molar-refractivity contribution in [3.63, 3.8) is 0 Å². The average Bonchev–Trinajstić information content (AvgIpc) is 1.53. The van der Waals surface area contributed by atoms with E-state index in [2.05, 4.69) is 6.58 Å². The van der Waals surface area contributed by atoms with Gasteiger partial charge in [-0.3, -0.25) is 76.7 Å². The predicted octanol–water partition coefficient (Wildman–Crippen LogP) is 11.4. The number of Topliss-reactive ketones (excluding diaryl/α,β-unsaturated/α-hetero) is 5. The standard InChI is InChI=1S/C107H170FN7O28/c1-29-31-32-69(15)96(143-103(133)142-62-141-93(126)38-36-91(124)139-48-46-137-44-42-135-41-43-136-45-47-138-90(123)35-37-92(125)140-61-89(122)107(134)72(18)55-79-78-34-33-75-57-76(116)39-40-104(75,20)106(78,108)88(121)59-105(79,107)21)95-87(120)56-74(30-2)98(128)109(22)60-73(19)110(23)80(49-63(3)4)86(119)58-77(67(11)12)99(129)111(24)81(50-64(5)6)85(118)53-70(16)84(117)54-71(17)97(127)112(25)82(51-65(7)8)100(130)113(26)83(52-66(9)10)101(131)114(27)94(68(13)14)102(132)115(95)28/h29,31,39-40,57,63-72,74,77-83,88,94-96,121,134H,19,30,32-38,41-56,58-62H2,1-18,20-28H3/b31-29+/t69-,70?,71?,72+,74?,77?,78?,79?,80+,81?,82?,83?,88?,94?,95?,96-,104+,105+,106+,107+/m1/s1. The van der Waals surface area contributed by atoms with Crippen LogP contribution in [-0.2, 0) is 119 Å². The molecule has 3 saturated carbocycles. The first-order valence-corrected chi connectivity index (χ1v) is 51.2. The molecule has 12 unspecified atom stereocenters. The molecular weight excluding hydrogens is 1850 g/mol. The molecule has 4 aliphatic carbocycles. The highest BCUT2D eigenvalue weighted by molar-refractivity contribution is 6.02. The molecule has 6 amide bonds. The summed E-state index contributed by atoms with van der Waals surface area (Å²) in [7, 11) is 10.4. The Labute approximate surface area is 846 Å². The minimum atomic E-state index is -2.16. The quantitative estimate of drug-likeness (QED) is 0.0190. The minimum absolute atomic E-state index is 0.0107. The van der Waals surface area contributed by atoms with Crippen molar-refractivity contribution in [1.29, 1.82) is 0 Å². The number of nitrogens with zero attached hydrogens (tertiary/aromatic N) is 7. The topological polar surface area (TPSA) is 436 Å². The van der Waals surface area contributed by atoms with Crippen LogP contribution < -0.4 is 0 Å². The smallest absolute Gasteiger partial charge is 0.463 e. The first kappa shape index (κ1) is 124. The highest BCUT2D eigenvalue weighted by Gasteiger charge is 2.76. The van der Waals surface area contributed by atoms with Crippen molar-refractivity contribution >= 4 is 100 Å². The highest BCUT2D eigenvalue weighted by atomic mass is 19.1. The fourth-order valence-corrected chi connectivity index (χ4v) is 21.4. The summed E-state index contributed by atoms with van der Waals surface area (Å²) in [5, 5.41) is 23.9. The molecule has 2 N–H and O–H groups in total. The molecule has 35 nitrogen and oxygen atoms in total. The molecule has 36 heteroatoms. The Hall–Kier alpha value is -9.52. The lowest BCUT2D eigenvalue weighted by atomic mass is 9.44. The van der Waals surface area contributed by atoms with Crippen LogP contribution in [0.5, 0.6) is 0 Å². The van der Waals surface area contributed by atoms with E-state index in [1.807, 2.05) is 69.2 Å². The second-order valence-corrected chi connectivity index (χ2v) is 43.2. The van der Waals surface area contributed by atoms with Crippen molar-refractivity contribution in [2.75, 3.05) is 122 Å². The van der Waals surface area contributed by atoms with Crippen molar-refractivity contribution in [3.05, 3.63) is 48.2 Å². The van der Waals surface area contributed by atoms with Crippen LogP contribution in [-0.4, -0.2) is 327 Å². The lowest BCUT2D eigenvalue weighted by molar-refractivity contribution is -0.220. The van der Waals surface area contributed by atoms with Crippen molar-refractivity contribution in [2.24, 2.45) is 93.7 Å². The maximum absolute atomic E-state index is 17.6. The number of aliphatic hydroxyl groups excluding tert-OH is 1. The van der Waals surface area contributed by atoms with E-state index in [9.17, 15) is 67.7 Å². The van der Waals surface area contributed by atoms with E-state index in [1.54, 1.807) is 93.3 Å². The van der Waals surface area contributed by atoms with Crippen molar-refractivity contribution in [1.82, 2.24) is 34.3 Å². The Morgan fingerprint density at radius 3 is 1.49 bits per heavy atom. The number of ether oxygens (including phenoxy) is 9. The van der Waals surface area contributed by atoms with Gasteiger partial charge >= 0.3 is 30.0 Å². The predicted molar refractivity (Wildman–Crippen MR) is 530 cm³/mol. The first-order chi connectivity index (χ1) is 66.8. The fourth-order valence-electron chi connectivity index (χ4n) is 21.4. The number of esters is 4. The van der Waals surface area contributed by atoms with Crippen LogP contribution in [0.2, 0.25) is 0 Å². The van der Waals surface area contributed by atoms with Crippen LogP contribution in [0.4, 0.5) is 9.18 Å². The van der Waals surface area contributed by atoms with Gasteiger partial charge in [0.15, 0.2) is 35.4 Å². The van der Waals surface area contributed by atoms with Gasteiger partial charge in [-0.2, -0.15) is 0 Å². The third-order valence-electron chi connectivity index (χ3n) is 29.9. The van der Waals surface area contributed by atoms with Crippen LogP contribution in [0.15, 0.2) is 48.2 Å². The number of halogens is 1. The largest absolute Gasteiger partial charge is 0.511 e. The number of ketones is 6. The summed E-state index contributed by atoms with van der Waals surface area (Å²) in [6.45, 7) is 37.9. The summed E-state index contributed by atoms with van der Waals surface area (Å²) < 4.78 is 66.3. The van der Waals surface area contributed by atoms with Crippen LogP contribution in [0.1, 0.15) is 254 Å². The maximum Gasteiger partial charge on any atom is 0.511 e. The van der Waals surface area contributed by atoms with E-state index in [0.29, 0.717) is 30.5 Å². The molecule has 0 aromatic heterocycles. The monoisotopic (exact) mass is 2020 g/mol. The van der Waals surface area contributed by atoms with E-state index >= 15 is 28.4 Å². The van der Waals surface area contributed by atoms with Gasteiger partial charge in [0.1, 0.15) is 54.9 Å². The third-order valence-corrected chi connectivity index (χ3v) is 29.9. The van der Waals surface area contributed by atoms with Crippen LogP contribution >= 0.6 is 0 Å². The molecule has 0 radical (unpaired) electrons. The average molecular weight is 2020 g/mol. The summed E-state index contributed by atoms with van der Waals surface area (Å²) in [4.78, 5) is 252. The normalized spacial score (nSPS) is 28.8. The SMILES string of the molecule is C=C1CN(C)C(=O)C(CC)CC(=O)C([C@H](OC(=O)OCOC(=O)CCC(=O)OCCOCCOCCOCCOC(=O)CCC(=O)OCC(=O)[C@@]2(O)[C@@H](C)CC3C4CCC5=CC(=O)C=C[C@]5(C)[C@@]4(F)C(O)C[C@@]32C)[C@H](C)C/C=C/C)N(C)C(=O)C(C(C)C)N(C)C(=O)C(CC(C)C)N(C)C(=O)C(CC(C)C)N(C)C(=O)C(C)CC(=O)C(C)CC(=O)C(CC(C)C)N(C)C(=O)C(C(C)C)CC(=O)[C@H](CC(C)C)N1C. The van der Waals surface area contributed by atoms with Crippen molar-refractivity contribution < 1.29 is 139 Å². The van der Waals surface area contributed by atoms with Crippen molar-refractivity contribution in [2.45, 2.75) is 314 Å². The Morgan fingerprint density at radius 1 is 0.524 bits per heavy atom. The molecule has 5 rings (SSSR count). The molecule has 0 aromatic carbocycles. The number of allylic oxidation sites excluding steroid dienone is 6. The number of fused-ring (bicyclic) bond motifs is 5. The first-order valence-electron chi connectivity index (χ1n) is 51.2. The third kappa shape index (κ3) is 32.5. The molecule has 1 saturated heterocycles. The number of hydrogen-bond donors (Lipinski definition) is 2. The summed E-state index contributed by atoms with van der Waals surface area (Å²) in [6, 6.07) is -7.41. The van der Waals surface area contributed by atoms with Crippen molar-refractivity contribution in [3.8, 4) is 0 Å². The van der Waals surface area contributed by atoms with Crippen LogP contribution in [0.25, 0.3) is 0 Å². The highest BCUT2D eigenvalue weighted by Crippen LogP contribution is 2.71. The zero-order valence-electron chi connectivity index (χ0n) is 90.3. The molecule has 143 heavy (non-hydrogen) atoms. The molecule has 1 heterocycles. The Kier molecular flexibility index (Phi) is 48.9. The zero-order chi connectivity index (χ0) is 108. The number of aliphatic hydroxyl groups is 2. The molecule has 4 fully saturated rings. The number of rotatable bonds is 39. The molecule has 0 bridgehead atoms. The van der Waals surface area contributed by atoms with E-state index in [-0.39, 0.29) is 177 Å². The van der Waals surface area contributed by atoms with Gasteiger partial charge in [0, 0.05) is 121 Å². The number of hydrogen-bond acceptors (Lipinski definition) is 29. The Bertz CT molecular complexity index is 4510. The van der Waals surface area contributed by atoms with Gasteiger partial charge in [-0.15, -0.1) is 0 Å². The lowest BCUT2D eigenvalue weighted by Crippen LogP contribution is -2.69. The number of amides is 6. The Balaban J connectivity index is 1.23. The number of carbonyl (C=O) groups is 17. The van der Waals surface area contributed by atoms with Crippen LogP contribution in [0.3, 0.4) is 0 Å². The van der Waals surface area contributed by atoms with Gasteiger partial charge in [0.25, 0.3) is 0 Å². The molecule has 0 spiro atoms. The minimum Gasteiger partial charge on any atom is -0.463 e.